The first-order chi connectivity index (χ1) is 14.3. The van der Waals surface area contributed by atoms with Crippen molar-refractivity contribution in [3.8, 4) is 5.82 Å². The smallest absolute Gasteiger partial charge is 0.407 e. The van der Waals surface area contributed by atoms with Crippen LogP contribution < -0.4 is 11.1 Å². The minimum absolute atomic E-state index is 0.415. The number of aromatic nitrogens is 2. The van der Waals surface area contributed by atoms with Crippen LogP contribution in [-0.4, -0.2) is 9.55 Å². The molecule has 0 bridgehead atoms. The highest BCUT2D eigenvalue weighted by Crippen LogP contribution is 2.32. The summed E-state index contributed by atoms with van der Waals surface area (Å²) in [4.78, 5) is 17.0. The van der Waals surface area contributed by atoms with E-state index in [2.05, 4.69) is 23.3 Å². The Morgan fingerprint density at radius 1 is 1.07 bits per heavy atom. The van der Waals surface area contributed by atoms with Crippen LogP contribution in [0.4, 0.5) is 11.4 Å². The fourth-order valence-corrected chi connectivity index (χ4v) is 4.12. The highest BCUT2D eigenvalue weighted by atomic mass is 32.1. The third-order valence-electron chi connectivity index (χ3n) is 5.07. The van der Waals surface area contributed by atoms with Crippen molar-refractivity contribution in [3.63, 3.8) is 0 Å². The zero-order valence-electron chi connectivity index (χ0n) is 16.6. The molecule has 5 nitrogen and oxygen atoms in total. The lowest BCUT2D eigenvalue weighted by Gasteiger charge is -2.14. The van der Waals surface area contributed by atoms with Crippen molar-refractivity contribution in [1.29, 1.82) is 0 Å². The van der Waals surface area contributed by atoms with E-state index in [9.17, 15) is 4.79 Å². The molecule has 0 amide bonds. The van der Waals surface area contributed by atoms with Crippen molar-refractivity contribution in [2.75, 3.05) is 5.32 Å². The van der Waals surface area contributed by atoms with Gasteiger partial charge in [-0.1, -0.05) is 56.9 Å². The van der Waals surface area contributed by atoms with E-state index >= 15 is 0 Å². The van der Waals surface area contributed by atoms with E-state index in [4.69, 9.17) is 4.42 Å². The summed E-state index contributed by atoms with van der Waals surface area (Å²) >= 11 is 1.46. The highest BCUT2D eigenvalue weighted by molar-refractivity contribution is 7.07. The zero-order valence-corrected chi connectivity index (χ0v) is 17.4. The standard InChI is InChI=1S/C23H25N3O2S/c1-2-3-4-5-7-10-17-13-14-19-22(21(17)25-18-11-8-6-9-12-18)26(23(27)28-19)20-15-29-16-24-20/h6,8-9,11-16,25H,2-5,7,10H2,1H3. The van der Waals surface area contributed by atoms with E-state index in [0.717, 1.165) is 29.7 Å². The van der Waals surface area contributed by atoms with E-state index in [0.29, 0.717) is 11.4 Å². The number of unbranched alkanes of at least 4 members (excludes halogenated alkanes) is 4. The van der Waals surface area contributed by atoms with Gasteiger partial charge in [-0.3, -0.25) is 0 Å². The number of anilines is 2. The molecule has 0 aliphatic heterocycles. The average Bonchev–Trinajstić information content (AvgIpc) is 3.37. The molecule has 2 aromatic heterocycles. The van der Waals surface area contributed by atoms with E-state index in [1.807, 2.05) is 41.8 Å². The van der Waals surface area contributed by atoms with E-state index < -0.39 is 5.76 Å². The largest absolute Gasteiger partial charge is 0.425 e. The van der Waals surface area contributed by atoms with Gasteiger partial charge in [-0.15, -0.1) is 11.3 Å². The van der Waals surface area contributed by atoms with Crippen molar-refractivity contribution in [2.24, 2.45) is 0 Å². The summed E-state index contributed by atoms with van der Waals surface area (Å²) in [5, 5.41) is 5.40. The van der Waals surface area contributed by atoms with Gasteiger partial charge in [0.15, 0.2) is 11.4 Å². The zero-order chi connectivity index (χ0) is 20.1. The van der Waals surface area contributed by atoms with Crippen LogP contribution in [0.15, 0.2) is 62.6 Å². The normalized spacial score (nSPS) is 11.2. The summed E-state index contributed by atoms with van der Waals surface area (Å²) in [5.41, 5.74) is 6.12. The number of para-hydroxylation sites is 1. The molecule has 1 N–H and O–H groups in total. The van der Waals surface area contributed by atoms with Crippen molar-refractivity contribution < 1.29 is 4.42 Å². The molecule has 4 aromatic rings. The Morgan fingerprint density at radius 2 is 1.90 bits per heavy atom. The Hall–Kier alpha value is -2.86. The van der Waals surface area contributed by atoms with Crippen LogP contribution >= 0.6 is 11.3 Å². The molecule has 0 spiro atoms. The van der Waals surface area contributed by atoms with Gasteiger partial charge in [0.25, 0.3) is 0 Å². The second kappa shape index (κ2) is 9.09. The molecule has 0 atom stereocenters. The maximum absolute atomic E-state index is 12.6. The molecule has 4 rings (SSSR count). The lowest BCUT2D eigenvalue weighted by atomic mass is 10.0. The van der Waals surface area contributed by atoms with Crippen LogP contribution in [0.3, 0.4) is 0 Å². The molecule has 150 valence electrons. The predicted molar refractivity (Wildman–Crippen MR) is 120 cm³/mol. The highest BCUT2D eigenvalue weighted by Gasteiger charge is 2.19. The number of nitrogens with one attached hydrogen (secondary N) is 1. The van der Waals surface area contributed by atoms with Crippen LogP contribution in [0.25, 0.3) is 16.9 Å². The average molecular weight is 408 g/mol. The maximum atomic E-state index is 12.6. The molecule has 0 aliphatic carbocycles. The van der Waals surface area contributed by atoms with Crippen LogP contribution in [0.2, 0.25) is 0 Å². The number of nitrogens with zero attached hydrogens (tertiary/aromatic N) is 2. The van der Waals surface area contributed by atoms with Gasteiger partial charge in [0, 0.05) is 11.1 Å². The van der Waals surface area contributed by atoms with Gasteiger partial charge in [-0.2, -0.15) is 0 Å². The van der Waals surface area contributed by atoms with E-state index in [1.165, 1.54) is 42.6 Å². The number of oxazole rings is 1. The van der Waals surface area contributed by atoms with Crippen LogP contribution in [0, 0.1) is 0 Å². The third kappa shape index (κ3) is 4.27. The number of thiazole rings is 1. The Kier molecular flexibility index (Phi) is 6.10. The van der Waals surface area contributed by atoms with Crippen LogP contribution in [0.1, 0.15) is 44.6 Å². The van der Waals surface area contributed by atoms with Crippen LogP contribution in [-0.2, 0) is 6.42 Å². The van der Waals surface area contributed by atoms with Crippen LogP contribution in [0.5, 0.6) is 0 Å². The Bertz CT molecular complexity index is 1110. The van der Waals surface area contributed by atoms with Crippen molar-refractivity contribution >= 4 is 33.8 Å². The number of aryl methyl sites for hydroxylation is 1. The minimum Gasteiger partial charge on any atom is -0.407 e. The lowest BCUT2D eigenvalue weighted by Crippen LogP contribution is -2.13. The second-order valence-corrected chi connectivity index (χ2v) is 7.87. The Labute approximate surface area is 174 Å². The van der Waals surface area contributed by atoms with Gasteiger partial charge < -0.3 is 9.73 Å². The van der Waals surface area contributed by atoms with Gasteiger partial charge in [0.2, 0.25) is 0 Å². The molecule has 29 heavy (non-hydrogen) atoms. The molecule has 2 aromatic carbocycles. The van der Waals surface area contributed by atoms with Crippen molar-refractivity contribution in [2.45, 2.75) is 45.4 Å². The van der Waals surface area contributed by atoms with Gasteiger partial charge in [0.05, 0.1) is 11.2 Å². The maximum Gasteiger partial charge on any atom is 0.425 e. The summed E-state index contributed by atoms with van der Waals surface area (Å²) in [6.07, 6.45) is 7.05. The first-order valence-corrected chi connectivity index (χ1v) is 11.1. The fourth-order valence-electron chi connectivity index (χ4n) is 3.61. The molecule has 0 unspecified atom stereocenters. The summed E-state index contributed by atoms with van der Waals surface area (Å²) in [5.74, 6) is 0.178. The number of hydrogen-bond acceptors (Lipinski definition) is 5. The molecule has 2 heterocycles. The summed E-state index contributed by atoms with van der Waals surface area (Å²) in [6, 6.07) is 14.0. The lowest BCUT2D eigenvalue weighted by molar-refractivity contribution is 0.539. The van der Waals surface area contributed by atoms with E-state index in [-0.39, 0.29) is 0 Å². The third-order valence-corrected chi connectivity index (χ3v) is 5.65. The van der Waals surface area contributed by atoms with Gasteiger partial charge in [-0.25, -0.2) is 14.3 Å². The fraction of sp³-hybridized carbons (Fsp3) is 0.304. The molecular formula is C23H25N3O2S. The molecule has 0 fully saturated rings. The van der Waals surface area contributed by atoms with Crippen molar-refractivity contribution in [3.05, 3.63) is 69.5 Å². The second-order valence-electron chi connectivity index (χ2n) is 7.15. The van der Waals surface area contributed by atoms with E-state index in [1.54, 1.807) is 10.1 Å². The molecule has 0 aliphatic rings. The molecule has 0 radical (unpaired) electrons. The minimum atomic E-state index is -0.415. The summed E-state index contributed by atoms with van der Waals surface area (Å²) in [6.45, 7) is 2.23. The molecular weight excluding hydrogens is 382 g/mol. The summed E-state index contributed by atoms with van der Waals surface area (Å²) in [7, 11) is 0. The SMILES string of the molecule is CCCCCCCc1ccc2oc(=O)n(-c3cscn3)c2c1Nc1ccccc1. The first-order valence-electron chi connectivity index (χ1n) is 10.2. The number of rotatable bonds is 9. The van der Waals surface area contributed by atoms with Gasteiger partial charge >= 0.3 is 5.76 Å². The molecule has 6 heteroatoms. The number of benzene rings is 2. The van der Waals surface area contributed by atoms with Gasteiger partial charge in [-0.05, 0) is 36.6 Å². The summed E-state index contributed by atoms with van der Waals surface area (Å²) < 4.78 is 7.11. The number of hydrogen-bond donors (Lipinski definition) is 1. The monoisotopic (exact) mass is 407 g/mol. The number of fused-ring (bicyclic) bond motifs is 1. The topological polar surface area (TPSA) is 60.1 Å². The quantitative estimate of drug-likeness (QED) is 0.331. The predicted octanol–water partition coefficient (Wildman–Crippen LogP) is 6.30. The van der Waals surface area contributed by atoms with Crippen molar-refractivity contribution in [1.82, 2.24) is 9.55 Å². The Morgan fingerprint density at radius 3 is 2.66 bits per heavy atom. The molecule has 0 saturated carbocycles. The Balaban J connectivity index is 1.78. The molecule has 0 saturated heterocycles. The first kappa shape index (κ1) is 19.5. The van der Waals surface area contributed by atoms with Gasteiger partial charge in [0.1, 0.15) is 5.52 Å².